The van der Waals surface area contributed by atoms with Crippen LogP contribution in [0.1, 0.15) is 17.5 Å². The third kappa shape index (κ3) is 2.63. The Morgan fingerprint density at radius 1 is 0.963 bits per heavy atom. The normalized spacial score (nSPS) is 13.3. The zero-order valence-corrected chi connectivity index (χ0v) is 15.0. The molecule has 27 heavy (non-hydrogen) atoms. The number of aryl methyl sites for hydroxylation is 1. The van der Waals surface area contributed by atoms with Gasteiger partial charge < -0.3 is 4.42 Å². The van der Waals surface area contributed by atoms with E-state index >= 15 is 0 Å². The van der Waals surface area contributed by atoms with Crippen molar-refractivity contribution in [3.8, 4) is 22.6 Å². The highest BCUT2D eigenvalue weighted by molar-refractivity contribution is 6.36. The topological polar surface area (TPSA) is 26.0 Å². The Kier molecular flexibility index (Phi) is 3.76. The maximum atomic E-state index is 14.8. The number of hydrogen-bond acceptors (Lipinski definition) is 2. The lowest BCUT2D eigenvalue weighted by Gasteiger charge is -2.07. The average molecular weight is 382 g/mol. The van der Waals surface area contributed by atoms with Gasteiger partial charge in [0.2, 0.25) is 5.89 Å². The van der Waals surface area contributed by atoms with Crippen molar-refractivity contribution in [3.63, 3.8) is 0 Å². The van der Waals surface area contributed by atoms with E-state index < -0.39 is 0 Å². The van der Waals surface area contributed by atoms with E-state index in [2.05, 4.69) is 4.98 Å². The van der Waals surface area contributed by atoms with E-state index in [4.69, 9.17) is 16.0 Å². The molecule has 3 aromatic carbocycles. The standard InChI is InChI=1S/C22H14ClF2NO/c23-19-15(12-4-1-6-14(24)10-12)7-3-9-17(19)22-26-18-11-13-5-2-8-16(13)20(25)21(18)27-22/h1,3-4,6-7,9-11H,2,5,8H2. The zero-order valence-electron chi connectivity index (χ0n) is 14.2. The molecular formula is C22H14ClF2NO. The Morgan fingerprint density at radius 3 is 2.63 bits per heavy atom. The maximum absolute atomic E-state index is 14.8. The molecule has 4 aromatic rings. The molecule has 1 heterocycles. The summed E-state index contributed by atoms with van der Waals surface area (Å²) in [6.45, 7) is 0. The van der Waals surface area contributed by atoms with Gasteiger partial charge in [-0.25, -0.2) is 13.8 Å². The van der Waals surface area contributed by atoms with Gasteiger partial charge in [-0.1, -0.05) is 35.9 Å². The summed E-state index contributed by atoms with van der Waals surface area (Å²) >= 11 is 6.58. The average Bonchev–Trinajstić information content (AvgIpc) is 3.29. The van der Waals surface area contributed by atoms with Gasteiger partial charge >= 0.3 is 0 Å². The molecule has 0 fully saturated rings. The number of hydrogen-bond donors (Lipinski definition) is 0. The minimum Gasteiger partial charge on any atom is -0.433 e. The van der Waals surface area contributed by atoms with Crippen molar-refractivity contribution >= 4 is 22.7 Å². The molecule has 0 aliphatic heterocycles. The Balaban J connectivity index is 1.67. The highest BCUT2D eigenvalue weighted by Gasteiger charge is 2.23. The third-order valence-electron chi connectivity index (χ3n) is 5.05. The number of nitrogens with zero attached hydrogens (tertiary/aromatic N) is 1. The largest absolute Gasteiger partial charge is 0.433 e. The zero-order chi connectivity index (χ0) is 18.5. The van der Waals surface area contributed by atoms with Crippen molar-refractivity contribution in [1.82, 2.24) is 4.98 Å². The summed E-state index contributed by atoms with van der Waals surface area (Å²) in [5, 5.41) is 0.391. The number of fused-ring (bicyclic) bond motifs is 2. The Bertz CT molecular complexity index is 1200. The van der Waals surface area contributed by atoms with Crippen LogP contribution in [0.2, 0.25) is 5.02 Å². The second-order valence-corrected chi connectivity index (χ2v) is 7.10. The Hall–Kier alpha value is -2.72. The summed E-state index contributed by atoms with van der Waals surface area (Å²) < 4.78 is 34.1. The lowest BCUT2D eigenvalue weighted by Crippen LogP contribution is -1.89. The number of halogens is 3. The fourth-order valence-corrected chi connectivity index (χ4v) is 4.07. The number of benzene rings is 3. The molecule has 5 rings (SSSR count). The van der Waals surface area contributed by atoms with Crippen LogP contribution in [0.15, 0.2) is 52.9 Å². The molecule has 1 aromatic heterocycles. The fraction of sp³-hybridized carbons (Fsp3) is 0.136. The van der Waals surface area contributed by atoms with Crippen molar-refractivity contribution in [3.05, 3.63) is 76.3 Å². The highest BCUT2D eigenvalue weighted by atomic mass is 35.5. The van der Waals surface area contributed by atoms with E-state index in [1.54, 1.807) is 30.3 Å². The van der Waals surface area contributed by atoms with Gasteiger partial charge in [-0.15, -0.1) is 0 Å². The molecule has 0 unspecified atom stereocenters. The van der Waals surface area contributed by atoms with Crippen molar-refractivity contribution in [1.29, 1.82) is 0 Å². The summed E-state index contributed by atoms with van der Waals surface area (Å²) in [6.07, 6.45) is 2.54. The molecule has 0 atom stereocenters. The first-order valence-electron chi connectivity index (χ1n) is 8.77. The van der Waals surface area contributed by atoms with E-state index in [-0.39, 0.29) is 23.1 Å². The van der Waals surface area contributed by atoms with Crippen molar-refractivity contribution < 1.29 is 13.2 Å². The molecule has 2 nitrogen and oxygen atoms in total. The van der Waals surface area contributed by atoms with Gasteiger partial charge in [0, 0.05) is 5.56 Å². The first-order chi connectivity index (χ1) is 13.1. The molecule has 0 radical (unpaired) electrons. The summed E-state index contributed by atoms with van der Waals surface area (Å²) in [6, 6.07) is 13.5. The first kappa shape index (κ1) is 16.5. The van der Waals surface area contributed by atoms with Crippen LogP contribution in [0, 0.1) is 11.6 Å². The van der Waals surface area contributed by atoms with E-state index in [0.717, 1.165) is 30.4 Å². The molecule has 0 spiro atoms. The van der Waals surface area contributed by atoms with E-state index in [1.165, 1.54) is 12.1 Å². The van der Waals surface area contributed by atoms with Crippen LogP contribution >= 0.6 is 11.6 Å². The van der Waals surface area contributed by atoms with Crippen molar-refractivity contribution in [2.75, 3.05) is 0 Å². The van der Waals surface area contributed by atoms with Crippen LogP contribution < -0.4 is 0 Å². The van der Waals surface area contributed by atoms with Crippen LogP contribution in [-0.4, -0.2) is 4.98 Å². The van der Waals surface area contributed by atoms with Crippen LogP contribution in [0.4, 0.5) is 8.78 Å². The molecular weight excluding hydrogens is 368 g/mol. The van der Waals surface area contributed by atoms with Crippen LogP contribution in [0.5, 0.6) is 0 Å². The molecule has 1 aliphatic rings. The SMILES string of the molecule is Fc1cccc(-c2cccc(-c3nc4cc5c(c(F)c4o3)CCC5)c2Cl)c1. The van der Waals surface area contributed by atoms with E-state index in [1.807, 2.05) is 6.07 Å². The Morgan fingerprint density at radius 2 is 1.78 bits per heavy atom. The van der Waals surface area contributed by atoms with Crippen LogP contribution in [0.3, 0.4) is 0 Å². The minimum atomic E-state index is -0.340. The molecule has 0 saturated heterocycles. The van der Waals surface area contributed by atoms with Gasteiger partial charge in [-0.2, -0.15) is 0 Å². The third-order valence-corrected chi connectivity index (χ3v) is 5.46. The predicted octanol–water partition coefficient (Wildman–Crippen LogP) is 6.58. The van der Waals surface area contributed by atoms with Gasteiger partial charge in [0.05, 0.1) is 10.6 Å². The van der Waals surface area contributed by atoms with Crippen LogP contribution in [0.25, 0.3) is 33.7 Å². The minimum absolute atomic E-state index is 0.165. The van der Waals surface area contributed by atoms with Gasteiger partial charge in [0.1, 0.15) is 11.3 Å². The smallest absolute Gasteiger partial charge is 0.229 e. The molecule has 0 saturated carbocycles. The highest BCUT2D eigenvalue weighted by Crippen LogP contribution is 2.39. The van der Waals surface area contributed by atoms with E-state index in [0.29, 0.717) is 27.2 Å². The molecule has 0 bridgehead atoms. The van der Waals surface area contributed by atoms with Gasteiger partial charge in [0.15, 0.2) is 11.4 Å². The first-order valence-corrected chi connectivity index (χ1v) is 9.15. The van der Waals surface area contributed by atoms with Crippen molar-refractivity contribution in [2.45, 2.75) is 19.3 Å². The Labute approximate surface area is 159 Å². The lowest BCUT2D eigenvalue weighted by molar-refractivity contribution is 0.557. The van der Waals surface area contributed by atoms with Crippen LogP contribution in [-0.2, 0) is 12.8 Å². The quantitative estimate of drug-likeness (QED) is 0.392. The fourth-order valence-electron chi connectivity index (χ4n) is 3.76. The van der Waals surface area contributed by atoms with E-state index in [9.17, 15) is 8.78 Å². The maximum Gasteiger partial charge on any atom is 0.229 e. The van der Waals surface area contributed by atoms with Crippen molar-refractivity contribution in [2.24, 2.45) is 0 Å². The molecule has 5 heteroatoms. The molecule has 134 valence electrons. The predicted molar refractivity (Wildman–Crippen MR) is 102 cm³/mol. The van der Waals surface area contributed by atoms with Gasteiger partial charge in [0.25, 0.3) is 0 Å². The molecule has 0 N–H and O–H groups in total. The number of rotatable bonds is 2. The summed E-state index contributed by atoms with van der Waals surface area (Å²) in [5.74, 6) is -0.403. The summed E-state index contributed by atoms with van der Waals surface area (Å²) in [5.41, 5.74) is 4.26. The lowest BCUT2D eigenvalue weighted by atomic mass is 10.0. The second kappa shape index (κ2) is 6.17. The monoisotopic (exact) mass is 381 g/mol. The summed E-state index contributed by atoms with van der Waals surface area (Å²) in [7, 11) is 0. The summed E-state index contributed by atoms with van der Waals surface area (Å²) in [4.78, 5) is 4.47. The number of oxazole rings is 1. The molecule has 1 aliphatic carbocycles. The number of aromatic nitrogens is 1. The van der Waals surface area contributed by atoms with Gasteiger partial charge in [-0.05, 0) is 60.2 Å². The molecule has 0 amide bonds. The van der Waals surface area contributed by atoms with Gasteiger partial charge in [-0.3, -0.25) is 0 Å². The second-order valence-electron chi connectivity index (χ2n) is 6.73.